The van der Waals surface area contributed by atoms with Gasteiger partial charge in [0.2, 0.25) is 0 Å². The molecular weight excluding hydrogens is 852 g/mol. The largest absolute Gasteiger partial charge is 0.406 e. The lowest BCUT2D eigenvalue weighted by Crippen LogP contribution is -2.50. The van der Waals surface area contributed by atoms with Crippen LogP contribution in [0.25, 0.3) is 66.8 Å². The van der Waals surface area contributed by atoms with Gasteiger partial charge in [0.15, 0.2) is 0 Å². The van der Waals surface area contributed by atoms with Crippen LogP contribution in [0.4, 0.5) is 13.2 Å². The number of rotatable bonds is 10. The zero-order valence-corrected chi connectivity index (χ0v) is 39.8. The first-order valence-electron chi connectivity index (χ1n) is 24.0. The van der Waals surface area contributed by atoms with Crippen LogP contribution >= 0.6 is 0 Å². The average Bonchev–Trinajstić information content (AvgIpc) is 3.38. The van der Waals surface area contributed by atoms with Gasteiger partial charge < -0.3 is 4.48 Å². The van der Waals surface area contributed by atoms with Gasteiger partial charge in [-0.1, -0.05) is 237 Å². The minimum atomic E-state index is -4.65. The molecule has 1 fully saturated rings. The Morgan fingerprint density at radius 1 is 0.348 bits per heavy atom. The summed E-state index contributed by atoms with van der Waals surface area (Å²) in [5.41, 5.74) is 13.6. The summed E-state index contributed by atoms with van der Waals surface area (Å²) in [4.78, 5) is 0. The molecule has 9 aromatic carbocycles. The quantitative estimate of drug-likeness (QED) is 0.0947. The monoisotopic (exact) mass is 908 g/mol. The molecule has 1 aliphatic rings. The highest BCUT2D eigenvalue weighted by Crippen LogP contribution is 2.52. The van der Waals surface area contributed by atoms with Crippen molar-refractivity contribution in [3.8, 4) is 66.8 Å². The van der Waals surface area contributed by atoms with E-state index in [1.807, 2.05) is 48.5 Å². The second-order valence-corrected chi connectivity index (χ2v) is 20.0. The fourth-order valence-corrected chi connectivity index (χ4v) is 10.4. The fraction of sp³-hybridized carbons (Fsp3) is 0.169. The smallest absolute Gasteiger partial charge is 0.328 e. The normalized spacial score (nSPS) is 15.3. The van der Waals surface area contributed by atoms with E-state index >= 15 is 13.2 Å². The summed E-state index contributed by atoms with van der Waals surface area (Å²) in [6, 6.07) is 73.4. The Morgan fingerprint density at radius 3 is 0.884 bits per heavy atom. The van der Waals surface area contributed by atoms with Gasteiger partial charge in [-0.2, -0.15) is 13.2 Å². The number of likely N-dealkylation sites (tertiary alicyclic amines) is 1. The maximum Gasteiger partial charge on any atom is 0.406 e. The van der Waals surface area contributed by atoms with E-state index < -0.39 is 11.6 Å². The molecule has 1 nitrogen and oxygen atoms in total. The molecule has 1 aliphatic heterocycles. The topological polar surface area (TPSA) is 0 Å². The third kappa shape index (κ3) is 9.10. The molecule has 10 rings (SSSR count). The molecule has 1 heterocycles. The Hall–Kier alpha value is -7.27. The van der Waals surface area contributed by atoms with Crippen molar-refractivity contribution in [2.75, 3.05) is 27.2 Å². The van der Waals surface area contributed by atoms with Crippen LogP contribution in [0.3, 0.4) is 0 Å². The first kappa shape index (κ1) is 45.5. The number of hydrogen-bond donors (Lipinski definition) is 0. The number of halogens is 3. The molecular formula is C65H57F3N+. The maximum atomic E-state index is 16.1. The zero-order valence-electron chi connectivity index (χ0n) is 39.8. The van der Waals surface area contributed by atoms with Crippen LogP contribution in [-0.2, 0) is 10.8 Å². The molecule has 0 amide bonds. The van der Waals surface area contributed by atoms with Crippen molar-refractivity contribution in [2.45, 2.75) is 43.7 Å². The molecule has 1 unspecified atom stereocenters. The molecule has 0 spiro atoms. The van der Waals surface area contributed by atoms with E-state index in [9.17, 15) is 0 Å². The Kier molecular flexibility index (Phi) is 12.1. The van der Waals surface area contributed by atoms with Crippen molar-refractivity contribution in [3.63, 3.8) is 0 Å². The predicted octanol–water partition coefficient (Wildman–Crippen LogP) is 17.0. The number of alkyl halides is 3. The molecule has 9 aromatic rings. The van der Waals surface area contributed by atoms with E-state index in [2.05, 4.69) is 149 Å². The van der Waals surface area contributed by atoms with Crippen LogP contribution in [0.1, 0.15) is 47.6 Å². The highest BCUT2D eigenvalue weighted by molar-refractivity contribution is 5.76. The van der Waals surface area contributed by atoms with Crippen molar-refractivity contribution in [3.05, 3.63) is 252 Å². The van der Waals surface area contributed by atoms with Crippen molar-refractivity contribution < 1.29 is 17.7 Å². The number of quaternary nitrogens is 1. The molecule has 0 radical (unpaired) electrons. The molecule has 4 heteroatoms. The summed E-state index contributed by atoms with van der Waals surface area (Å²) in [5, 5.41) is 0. The van der Waals surface area contributed by atoms with E-state index in [4.69, 9.17) is 0 Å². The third-order valence-corrected chi connectivity index (χ3v) is 15.0. The van der Waals surface area contributed by atoms with Crippen molar-refractivity contribution in [1.82, 2.24) is 0 Å². The van der Waals surface area contributed by atoms with Crippen molar-refractivity contribution >= 4 is 0 Å². The highest BCUT2D eigenvalue weighted by Gasteiger charge is 2.58. The number of nitrogens with zero attached hydrogens (tertiary/aromatic N) is 1. The van der Waals surface area contributed by atoms with Gasteiger partial charge in [0.05, 0.1) is 27.2 Å². The standard InChI is InChI=1S/C65H57F3N/c1-46-10-12-47(13-11-46)48-14-16-49(17-15-48)51-20-26-54(27-21-51)57-32-38-61(39-33-57)64(65(66,67)68,60-8-6-5-7-9-60)62-40-34-58(35-41-62)55-28-22-52(23-29-55)50-18-24-53(25-19-50)56-30-36-59(37-31-56)63(2)42-44-69(3,4)45-43-63/h5-41H,42-45H2,1-4H3/q+1. The second-order valence-electron chi connectivity index (χ2n) is 20.0. The Bertz CT molecular complexity index is 3140. The second kappa shape index (κ2) is 18.3. The van der Waals surface area contributed by atoms with Gasteiger partial charge in [0.25, 0.3) is 0 Å². The molecule has 0 aliphatic carbocycles. The summed E-state index contributed by atoms with van der Waals surface area (Å²) >= 11 is 0. The Labute approximate surface area is 405 Å². The lowest BCUT2D eigenvalue weighted by Gasteiger charge is -2.43. The van der Waals surface area contributed by atoms with Gasteiger partial charge in [-0.05, 0) is 95.9 Å². The van der Waals surface area contributed by atoms with Crippen molar-refractivity contribution in [1.29, 1.82) is 0 Å². The van der Waals surface area contributed by atoms with Crippen LogP contribution in [0.15, 0.2) is 224 Å². The van der Waals surface area contributed by atoms with Crippen LogP contribution in [0.5, 0.6) is 0 Å². The summed E-state index contributed by atoms with van der Waals surface area (Å²) in [7, 11) is 4.65. The number of aryl methyl sites for hydroxylation is 1. The van der Waals surface area contributed by atoms with E-state index in [0.29, 0.717) is 0 Å². The minimum Gasteiger partial charge on any atom is -0.328 e. The molecule has 1 saturated heterocycles. The summed E-state index contributed by atoms with van der Waals surface area (Å²) in [5.74, 6) is 0. The van der Waals surface area contributed by atoms with Crippen molar-refractivity contribution in [2.24, 2.45) is 0 Å². The third-order valence-electron chi connectivity index (χ3n) is 15.0. The van der Waals surface area contributed by atoms with Gasteiger partial charge in [-0.15, -0.1) is 0 Å². The molecule has 0 saturated carbocycles. The van der Waals surface area contributed by atoms with E-state index in [1.54, 1.807) is 54.6 Å². The van der Waals surface area contributed by atoms with Gasteiger partial charge in [0, 0.05) is 18.3 Å². The van der Waals surface area contributed by atoms with Gasteiger partial charge in [-0.3, -0.25) is 0 Å². The SMILES string of the molecule is Cc1ccc(-c2ccc(-c3ccc(-c4ccc(C(c5ccccc5)(c5ccc(-c6ccc(-c7ccc(-c8ccc(C9(C)CC[N+](C)(C)CC9)cc8)cc7)cc6)cc5)C(F)(F)F)cc4)cc3)cc2)cc1. The van der Waals surface area contributed by atoms with E-state index in [-0.39, 0.29) is 22.1 Å². The van der Waals surface area contributed by atoms with E-state index in [0.717, 1.165) is 54.6 Å². The molecule has 1 atom stereocenters. The predicted molar refractivity (Wildman–Crippen MR) is 281 cm³/mol. The van der Waals surface area contributed by atoms with Crippen LogP contribution in [0, 0.1) is 6.92 Å². The number of hydrogen-bond acceptors (Lipinski definition) is 0. The summed E-state index contributed by atoms with van der Waals surface area (Å²) in [6.45, 7) is 6.90. The molecule has 69 heavy (non-hydrogen) atoms. The Morgan fingerprint density at radius 2 is 0.594 bits per heavy atom. The van der Waals surface area contributed by atoms with Gasteiger partial charge in [0.1, 0.15) is 5.41 Å². The molecule has 0 N–H and O–H groups in total. The highest BCUT2D eigenvalue weighted by atomic mass is 19.4. The van der Waals surface area contributed by atoms with Crippen LogP contribution in [0.2, 0.25) is 0 Å². The first-order chi connectivity index (χ1) is 33.3. The van der Waals surface area contributed by atoms with Crippen LogP contribution in [-0.4, -0.2) is 37.8 Å². The summed E-state index contributed by atoms with van der Waals surface area (Å²) in [6.07, 6.45) is -2.25. The lowest BCUT2D eigenvalue weighted by atomic mass is 9.68. The number of benzene rings is 9. The number of piperidine rings is 1. The van der Waals surface area contributed by atoms with E-state index in [1.165, 1.54) is 53.7 Å². The van der Waals surface area contributed by atoms with Crippen LogP contribution < -0.4 is 0 Å². The maximum absolute atomic E-state index is 16.1. The Balaban J connectivity index is 0.866. The fourth-order valence-electron chi connectivity index (χ4n) is 10.4. The first-order valence-corrected chi connectivity index (χ1v) is 24.0. The van der Waals surface area contributed by atoms with Gasteiger partial charge in [-0.25, -0.2) is 0 Å². The zero-order chi connectivity index (χ0) is 47.8. The minimum absolute atomic E-state index is 0.160. The molecule has 0 bridgehead atoms. The molecule has 0 aromatic heterocycles. The van der Waals surface area contributed by atoms with Gasteiger partial charge >= 0.3 is 6.18 Å². The lowest BCUT2D eigenvalue weighted by molar-refractivity contribution is -0.896. The molecule has 342 valence electrons. The average molecular weight is 909 g/mol. The summed E-state index contributed by atoms with van der Waals surface area (Å²) < 4.78 is 49.3.